The van der Waals surface area contributed by atoms with E-state index in [0.29, 0.717) is 5.92 Å². The normalized spacial score (nSPS) is 10.9. The van der Waals surface area contributed by atoms with E-state index in [2.05, 4.69) is 20.8 Å². The van der Waals surface area contributed by atoms with Crippen molar-refractivity contribution < 1.29 is 0 Å². The van der Waals surface area contributed by atoms with Crippen LogP contribution in [0.4, 0.5) is 0 Å². The van der Waals surface area contributed by atoms with E-state index in [1.54, 1.807) is 0 Å². The van der Waals surface area contributed by atoms with Crippen molar-refractivity contribution in [2.24, 2.45) is 5.92 Å². The lowest BCUT2D eigenvalue weighted by Gasteiger charge is -2.02. The molecule has 0 aromatic carbocycles. The first-order valence-electron chi connectivity index (χ1n) is 4.93. The van der Waals surface area contributed by atoms with Crippen molar-refractivity contribution in [3.05, 3.63) is 13.8 Å². The molecule has 0 saturated carbocycles. The van der Waals surface area contributed by atoms with Crippen molar-refractivity contribution in [1.29, 1.82) is 0 Å². The van der Waals surface area contributed by atoms with Gasteiger partial charge in [-0.05, 0) is 5.92 Å². The predicted octanol–water partition coefficient (Wildman–Crippen LogP) is 4.02. The molecule has 0 atom stereocenters. The van der Waals surface area contributed by atoms with Crippen LogP contribution in [-0.2, 0) is 0 Å². The average Bonchev–Trinajstić information content (AvgIpc) is 1.96. The van der Waals surface area contributed by atoms with Gasteiger partial charge in [0.1, 0.15) is 0 Å². The van der Waals surface area contributed by atoms with Gasteiger partial charge in [-0.3, -0.25) is 0 Å². The van der Waals surface area contributed by atoms with Gasteiger partial charge in [0, 0.05) is 0 Å². The Morgan fingerprint density at radius 1 is 0.909 bits per heavy atom. The fraction of sp³-hybridized carbons (Fsp3) is 0.818. The monoisotopic (exact) mass is 154 g/mol. The molecule has 0 aliphatic heterocycles. The van der Waals surface area contributed by atoms with Gasteiger partial charge in [-0.25, -0.2) is 0 Å². The zero-order chi connectivity index (χ0) is 8.53. The van der Waals surface area contributed by atoms with Crippen LogP contribution in [0.25, 0.3) is 0 Å². The van der Waals surface area contributed by atoms with Gasteiger partial charge in [-0.2, -0.15) is 0 Å². The van der Waals surface area contributed by atoms with E-state index in [-0.39, 0.29) is 0 Å². The summed E-state index contributed by atoms with van der Waals surface area (Å²) in [6.45, 7) is 9.97. The lowest BCUT2D eigenvalue weighted by Crippen LogP contribution is -1.87. The van der Waals surface area contributed by atoms with Crippen LogP contribution in [0.2, 0.25) is 0 Å². The molecule has 0 heteroatoms. The minimum atomic E-state index is 0.404. The number of hydrogen-bond acceptors (Lipinski definition) is 0. The molecule has 66 valence electrons. The zero-order valence-corrected chi connectivity index (χ0v) is 7.94. The molecule has 0 aromatic rings. The van der Waals surface area contributed by atoms with Gasteiger partial charge in [0.05, 0.1) is 0 Å². The van der Waals surface area contributed by atoms with E-state index >= 15 is 0 Å². The smallest absolute Gasteiger partial charge is 0.0414 e. The van der Waals surface area contributed by atoms with Gasteiger partial charge in [0.25, 0.3) is 0 Å². The first kappa shape index (κ1) is 11.0. The lowest BCUT2D eigenvalue weighted by molar-refractivity contribution is 0.561. The summed E-state index contributed by atoms with van der Waals surface area (Å²) in [7, 11) is 0. The van der Waals surface area contributed by atoms with Gasteiger partial charge in [-0.15, -0.1) is 0 Å². The highest BCUT2D eigenvalue weighted by Crippen LogP contribution is 2.10. The minimum absolute atomic E-state index is 0.404. The zero-order valence-electron chi connectivity index (χ0n) is 7.94. The van der Waals surface area contributed by atoms with Gasteiger partial charge in [-0.1, -0.05) is 65.7 Å². The van der Waals surface area contributed by atoms with Crippen LogP contribution in [0.1, 0.15) is 51.9 Å². The molecule has 0 aromatic heterocycles. The van der Waals surface area contributed by atoms with Crippen LogP contribution in [-0.4, -0.2) is 0 Å². The molecule has 0 heterocycles. The highest BCUT2D eigenvalue weighted by Gasteiger charge is 1.93. The van der Waals surface area contributed by atoms with E-state index < -0.39 is 0 Å². The Labute approximate surface area is 72.4 Å². The second-order valence-electron chi connectivity index (χ2n) is 3.42. The Morgan fingerprint density at radius 2 is 1.45 bits per heavy atom. The molecule has 2 radical (unpaired) electrons. The summed E-state index contributed by atoms with van der Waals surface area (Å²) in [6, 6.07) is 0. The third kappa shape index (κ3) is 10.0. The molecule has 0 aliphatic rings. The Hall–Kier alpha value is 0. The maximum absolute atomic E-state index is 3.86. The van der Waals surface area contributed by atoms with Gasteiger partial charge >= 0.3 is 0 Å². The first-order valence-corrected chi connectivity index (χ1v) is 4.93. The Morgan fingerprint density at radius 3 is 2.00 bits per heavy atom. The third-order valence-corrected chi connectivity index (χ3v) is 1.97. The fourth-order valence-electron chi connectivity index (χ4n) is 1.21. The average molecular weight is 154 g/mol. The Balaban J connectivity index is 2.80. The standard InChI is InChI=1S/C11H22/c1-4-5-6-7-8-9-10-11(2)3/h11H,2-10H2,1H3. The van der Waals surface area contributed by atoms with Gasteiger partial charge in [0.2, 0.25) is 0 Å². The molecule has 0 spiro atoms. The molecule has 0 amide bonds. The van der Waals surface area contributed by atoms with E-state index in [1.807, 2.05) is 0 Å². The summed E-state index contributed by atoms with van der Waals surface area (Å²) in [5.41, 5.74) is 0. The first-order chi connectivity index (χ1) is 5.27. The summed E-state index contributed by atoms with van der Waals surface area (Å²) in [6.07, 6.45) is 9.45. The summed E-state index contributed by atoms with van der Waals surface area (Å²) in [5.74, 6) is 0.404. The second-order valence-corrected chi connectivity index (χ2v) is 3.42. The van der Waals surface area contributed by atoms with Crippen molar-refractivity contribution in [3.63, 3.8) is 0 Å². The number of unbranched alkanes of at least 4 members (excludes halogenated alkanes) is 5. The van der Waals surface area contributed by atoms with Crippen molar-refractivity contribution >= 4 is 0 Å². The molecule has 0 fully saturated rings. The molecule has 0 aliphatic carbocycles. The maximum atomic E-state index is 3.86. The van der Waals surface area contributed by atoms with E-state index in [0.717, 1.165) is 0 Å². The SMILES string of the molecule is [CH2]C([CH2])CCCCCCCC. The van der Waals surface area contributed by atoms with E-state index in [1.165, 1.54) is 44.9 Å². The quantitative estimate of drug-likeness (QED) is 0.486. The molecule has 0 nitrogen and oxygen atoms in total. The topological polar surface area (TPSA) is 0 Å². The molecular weight excluding hydrogens is 132 g/mol. The summed E-state index contributed by atoms with van der Waals surface area (Å²) in [5, 5.41) is 0. The van der Waals surface area contributed by atoms with E-state index in [9.17, 15) is 0 Å². The van der Waals surface area contributed by atoms with Crippen molar-refractivity contribution in [2.75, 3.05) is 0 Å². The summed E-state index contributed by atoms with van der Waals surface area (Å²) < 4.78 is 0. The number of rotatable bonds is 7. The molecule has 0 unspecified atom stereocenters. The molecular formula is C11H22. The fourth-order valence-corrected chi connectivity index (χ4v) is 1.21. The highest BCUT2D eigenvalue weighted by molar-refractivity contribution is 4.62. The molecule has 0 saturated heterocycles. The highest BCUT2D eigenvalue weighted by atomic mass is 14.0. The van der Waals surface area contributed by atoms with Gasteiger partial charge < -0.3 is 0 Å². The van der Waals surface area contributed by atoms with E-state index in [4.69, 9.17) is 0 Å². The van der Waals surface area contributed by atoms with Crippen molar-refractivity contribution in [3.8, 4) is 0 Å². The summed E-state index contributed by atoms with van der Waals surface area (Å²) >= 11 is 0. The molecule has 0 bridgehead atoms. The lowest BCUT2D eigenvalue weighted by atomic mass is 10.0. The van der Waals surface area contributed by atoms with Gasteiger partial charge in [0.15, 0.2) is 0 Å². The van der Waals surface area contributed by atoms with Crippen LogP contribution in [0.5, 0.6) is 0 Å². The van der Waals surface area contributed by atoms with Crippen molar-refractivity contribution in [2.45, 2.75) is 51.9 Å². The van der Waals surface area contributed by atoms with Crippen LogP contribution in [0.3, 0.4) is 0 Å². The molecule has 11 heavy (non-hydrogen) atoms. The summed E-state index contributed by atoms with van der Waals surface area (Å²) in [4.78, 5) is 0. The van der Waals surface area contributed by atoms with Crippen LogP contribution in [0.15, 0.2) is 0 Å². The Kier molecular flexibility index (Phi) is 8.10. The largest absolute Gasteiger partial charge is 0.0654 e. The van der Waals surface area contributed by atoms with Crippen LogP contribution >= 0.6 is 0 Å². The van der Waals surface area contributed by atoms with Crippen LogP contribution in [0, 0.1) is 19.8 Å². The Bertz CT molecular complexity index is 64.4. The predicted molar refractivity (Wildman–Crippen MR) is 52.2 cm³/mol. The minimum Gasteiger partial charge on any atom is -0.0654 e. The third-order valence-electron chi connectivity index (χ3n) is 1.97. The molecule has 0 rings (SSSR count). The van der Waals surface area contributed by atoms with Crippen LogP contribution < -0.4 is 0 Å². The second kappa shape index (κ2) is 8.10. The molecule has 0 N–H and O–H groups in total. The maximum Gasteiger partial charge on any atom is -0.0414 e. The number of hydrogen-bond donors (Lipinski definition) is 0. The van der Waals surface area contributed by atoms with Crippen molar-refractivity contribution in [1.82, 2.24) is 0 Å².